The zero-order valence-electron chi connectivity index (χ0n) is 11.0. The first-order valence-corrected chi connectivity index (χ1v) is 5.33. The van der Waals surface area contributed by atoms with Gasteiger partial charge in [0.25, 0.3) is 0 Å². The second-order valence-electron chi connectivity index (χ2n) is 3.72. The molecule has 0 aliphatic rings. The van der Waals surface area contributed by atoms with E-state index in [4.69, 9.17) is 20.1 Å². The van der Waals surface area contributed by atoms with Crippen LogP contribution in [0.15, 0.2) is 12.1 Å². The van der Waals surface area contributed by atoms with Crippen molar-refractivity contribution < 1.29 is 19.0 Å². The van der Waals surface area contributed by atoms with Crippen LogP contribution in [0.3, 0.4) is 0 Å². The second kappa shape index (κ2) is 6.11. The number of nitrogens with two attached hydrogens (primary N) is 1. The van der Waals surface area contributed by atoms with E-state index >= 15 is 0 Å². The highest BCUT2D eigenvalue weighted by atomic mass is 16.5. The molecule has 6 nitrogen and oxygen atoms in total. The molecule has 0 unspecified atom stereocenters. The predicted molar refractivity (Wildman–Crippen MR) is 66.8 cm³/mol. The third kappa shape index (κ3) is 3.04. The monoisotopic (exact) mass is 254 g/mol. The first kappa shape index (κ1) is 14.1. The molecule has 0 aliphatic carbocycles. The van der Waals surface area contributed by atoms with Crippen LogP contribution in [0.1, 0.15) is 5.56 Å². The lowest BCUT2D eigenvalue weighted by molar-refractivity contribution is -0.129. The molecule has 2 N–H and O–H groups in total. The van der Waals surface area contributed by atoms with Gasteiger partial charge in [0.05, 0.1) is 27.8 Å². The number of methoxy groups -OCH3 is 3. The molecular formula is C12H18N2O4. The highest BCUT2D eigenvalue weighted by Gasteiger charge is 2.15. The van der Waals surface area contributed by atoms with Gasteiger partial charge in [-0.25, -0.2) is 5.84 Å². The fourth-order valence-corrected chi connectivity index (χ4v) is 1.54. The van der Waals surface area contributed by atoms with Crippen molar-refractivity contribution in [2.45, 2.75) is 6.42 Å². The third-order valence-corrected chi connectivity index (χ3v) is 2.47. The van der Waals surface area contributed by atoms with E-state index in [0.29, 0.717) is 17.2 Å². The SMILES string of the molecule is COc1cc(CC(=O)N(C)N)cc(OC)c1OC. The van der Waals surface area contributed by atoms with E-state index in [0.717, 1.165) is 10.6 Å². The maximum absolute atomic E-state index is 11.6. The van der Waals surface area contributed by atoms with Crippen molar-refractivity contribution in [1.82, 2.24) is 5.01 Å². The normalized spacial score (nSPS) is 9.83. The smallest absolute Gasteiger partial charge is 0.240 e. The summed E-state index contributed by atoms with van der Waals surface area (Å²) in [6, 6.07) is 3.45. The average molecular weight is 254 g/mol. The molecule has 0 radical (unpaired) electrons. The molecule has 0 aliphatic heterocycles. The molecule has 0 heterocycles. The van der Waals surface area contributed by atoms with Crippen molar-refractivity contribution in [2.24, 2.45) is 5.84 Å². The summed E-state index contributed by atoms with van der Waals surface area (Å²) in [5.41, 5.74) is 0.742. The zero-order chi connectivity index (χ0) is 13.7. The number of hydrogen-bond donors (Lipinski definition) is 1. The van der Waals surface area contributed by atoms with Gasteiger partial charge in [-0.2, -0.15) is 0 Å². The number of amides is 1. The Morgan fingerprint density at radius 3 is 2.00 bits per heavy atom. The molecule has 18 heavy (non-hydrogen) atoms. The lowest BCUT2D eigenvalue weighted by atomic mass is 10.1. The van der Waals surface area contributed by atoms with Gasteiger partial charge in [0.1, 0.15) is 0 Å². The van der Waals surface area contributed by atoms with Crippen molar-refractivity contribution in [3.8, 4) is 17.2 Å². The number of benzene rings is 1. The lowest BCUT2D eigenvalue weighted by Gasteiger charge is -2.15. The number of carbonyl (C=O) groups is 1. The fraction of sp³-hybridized carbons (Fsp3) is 0.417. The molecule has 0 aromatic heterocycles. The van der Waals surface area contributed by atoms with Crippen molar-refractivity contribution in [3.05, 3.63) is 17.7 Å². The maximum atomic E-state index is 11.6. The van der Waals surface area contributed by atoms with Crippen molar-refractivity contribution >= 4 is 5.91 Å². The van der Waals surface area contributed by atoms with Gasteiger partial charge in [0, 0.05) is 7.05 Å². The van der Waals surface area contributed by atoms with Gasteiger partial charge in [0.2, 0.25) is 11.7 Å². The predicted octanol–water partition coefficient (Wildman–Crippen LogP) is 0.587. The van der Waals surface area contributed by atoms with Crippen LogP contribution in [0.25, 0.3) is 0 Å². The van der Waals surface area contributed by atoms with Crippen LogP contribution >= 0.6 is 0 Å². The number of rotatable bonds is 5. The molecule has 1 aromatic rings. The van der Waals surface area contributed by atoms with Gasteiger partial charge in [-0.3, -0.25) is 9.80 Å². The average Bonchev–Trinajstić information content (AvgIpc) is 2.37. The molecule has 0 fully saturated rings. The number of likely N-dealkylation sites (N-methyl/N-ethyl adjacent to an activating group) is 1. The quantitative estimate of drug-likeness (QED) is 0.473. The minimum absolute atomic E-state index is 0.170. The van der Waals surface area contributed by atoms with Gasteiger partial charge in [-0.1, -0.05) is 0 Å². The summed E-state index contributed by atoms with van der Waals surface area (Å²) in [5, 5.41) is 1.04. The zero-order valence-corrected chi connectivity index (χ0v) is 11.0. The van der Waals surface area contributed by atoms with E-state index in [9.17, 15) is 4.79 Å². The topological polar surface area (TPSA) is 74.0 Å². The summed E-state index contributed by atoms with van der Waals surface area (Å²) in [6.45, 7) is 0. The van der Waals surface area contributed by atoms with Crippen molar-refractivity contribution in [3.63, 3.8) is 0 Å². The Morgan fingerprint density at radius 2 is 1.67 bits per heavy atom. The van der Waals surface area contributed by atoms with Gasteiger partial charge in [-0.05, 0) is 17.7 Å². The van der Waals surface area contributed by atoms with Crippen molar-refractivity contribution in [1.29, 1.82) is 0 Å². The minimum atomic E-state index is -0.204. The Labute approximate surface area is 106 Å². The molecule has 6 heteroatoms. The van der Waals surface area contributed by atoms with Crippen LogP contribution < -0.4 is 20.1 Å². The molecule has 1 aromatic carbocycles. The van der Waals surface area contributed by atoms with E-state index in [2.05, 4.69) is 0 Å². The number of hydrazine groups is 1. The highest BCUT2D eigenvalue weighted by Crippen LogP contribution is 2.38. The standard InChI is InChI=1S/C12H18N2O4/c1-14(13)11(15)7-8-5-9(16-2)12(18-4)10(6-8)17-3/h5-6H,7,13H2,1-4H3. The van der Waals surface area contributed by atoms with Crippen LogP contribution in [-0.2, 0) is 11.2 Å². The molecule has 0 atom stereocenters. The first-order chi connectivity index (χ1) is 8.53. The second-order valence-corrected chi connectivity index (χ2v) is 3.72. The van der Waals surface area contributed by atoms with Gasteiger partial charge in [0.15, 0.2) is 11.5 Å². The number of hydrogen-bond acceptors (Lipinski definition) is 5. The van der Waals surface area contributed by atoms with E-state index in [-0.39, 0.29) is 12.3 Å². The van der Waals surface area contributed by atoms with E-state index in [1.807, 2.05) is 0 Å². The summed E-state index contributed by atoms with van der Waals surface area (Å²) >= 11 is 0. The molecule has 100 valence electrons. The Kier molecular flexibility index (Phi) is 4.79. The van der Waals surface area contributed by atoms with Crippen LogP contribution in [0.2, 0.25) is 0 Å². The van der Waals surface area contributed by atoms with Gasteiger partial charge in [-0.15, -0.1) is 0 Å². The largest absolute Gasteiger partial charge is 0.493 e. The van der Waals surface area contributed by atoms with Gasteiger partial charge < -0.3 is 14.2 Å². The number of ether oxygens (including phenoxy) is 3. The molecule has 0 bridgehead atoms. The summed E-state index contributed by atoms with van der Waals surface area (Å²) in [6.07, 6.45) is 0.170. The van der Waals surface area contributed by atoms with Crippen LogP contribution in [0, 0.1) is 0 Å². The minimum Gasteiger partial charge on any atom is -0.493 e. The van der Waals surface area contributed by atoms with Crippen LogP contribution in [0.5, 0.6) is 17.2 Å². The molecule has 1 amide bonds. The molecule has 0 saturated carbocycles. The van der Waals surface area contributed by atoms with E-state index in [1.165, 1.54) is 28.4 Å². The number of nitrogens with zero attached hydrogens (tertiary/aromatic N) is 1. The lowest BCUT2D eigenvalue weighted by Crippen LogP contribution is -2.34. The molecule has 1 rings (SSSR count). The summed E-state index contributed by atoms with van der Waals surface area (Å²) in [7, 11) is 6.08. The van der Waals surface area contributed by atoms with Crippen LogP contribution in [-0.4, -0.2) is 39.3 Å². The Balaban J connectivity index is 3.11. The maximum Gasteiger partial charge on any atom is 0.240 e. The van der Waals surface area contributed by atoms with Crippen LogP contribution in [0.4, 0.5) is 0 Å². The van der Waals surface area contributed by atoms with E-state index < -0.39 is 0 Å². The first-order valence-electron chi connectivity index (χ1n) is 5.33. The fourth-order valence-electron chi connectivity index (χ4n) is 1.54. The summed E-state index contributed by atoms with van der Waals surface area (Å²) in [5.74, 6) is 6.70. The molecule has 0 spiro atoms. The van der Waals surface area contributed by atoms with Gasteiger partial charge >= 0.3 is 0 Å². The van der Waals surface area contributed by atoms with E-state index in [1.54, 1.807) is 12.1 Å². The molecule has 0 saturated heterocycles. The third-order valence-electron chi connectivity index (χ3n) is 2.47. The van der Waals surface area contributed by atoms with Crippen molar-refractivity contribution in [2.75, 3.05) is 28.4 Å². The number of carbonyl (C=O) groups excluding carboxylic acids is 1. The summed E-state index contributed by atoms with van der Waals surface area (Å²) in [4.78, 5) is 11.6. The summed E-state index contributed by atoms with van der Waals surface area (Å²) < 4.78 is 15.6. The Bertz CT molecular complexity index is 407. The highest BCUT2D eigenvalue weighted by molar-refractivity contribution is 5.78. The Hall–Kier alpha value is -1.95. The Morgan fingerprint density at radius 1 is 1.17 bits per heavy atom. The molecular weight excluding hydrogens is 236 g/mol.